The average Bonchev–Trinajstić information content (AvgIpc) is 3.20. The Morgan fingerprint density at radius 1 is 1.41 bits per heavy atom. The van der Waals surface area contributed by atoms with Crippen LogP contribution in [0.5, 0.6) is 0 Å². The van der Waals surface area contributed by atoms with Crippen LogP contribution in [0.25, 0.3) is 11.6 Å². The molecule has 0 N–H and O–H groups in total. The van der Waals surface area contributed by atoms with E-state index in [1.165, 1.54) is 22.5 Å². The summed E-state index contributed by atoms with van der Waals surface area (Å²) in [6, 6.07) is 4.99. The molecule has 0 bridgehead atoms. The van der Waals surface area contributed by atoms with E-state index in [9.17, 15) is 10.1 Å². The summed E-state index contributed by atoms with van der Waals surface area (Å²) in [5, 5.41) is 23.4. The van der Waals surface area contributed by atoms with E-state index in [0.29, 0.717) is 23.9 Å². The monoisotopic (exact) mass is 320 g/mol. The van der Waals surface area contributed by atoms with Crippen molar-refractivity contribution in [2.45, 2.75) is 11.7 Å². The van der Waals surface area contributed by atoms with Crippen molar-refractivity contribution < 1.29 is 9.34 Å². The lowest BCUT2D eigenvalue weighted by Gasteiger charge is -2.01. The number of aryl methyl sites for hydroxylation is 1. The third kappa shape index (κ3) is 2.86. The van der Waals surface area contributed by atoms with Crippen molar-refractivity contribution in [3.05, 3.63) is 40.8 Å². The van der Waals surface area contributed by atoms with E-state index in [0.717, 1.165) is 5.16 Å². The summed E-state index contributed by atoms with van der Waals surface area (Å²) >= 11 is 1.49. The standard InChI is InChI=1S/C12H12N6O3S/c1-16-11(9-3-2-7-21-9)13-14-12(16)22-8-6-17-5-4-10(15-17)18(19)20/h2-5,7H,6,8H2,1H3. The van der Waals surface area contributed by atoms with Gasteiger partial charge in [0, 0.05) is 12.8 Å². The lowest BCUT2D eigenvalue weighted by atomic mass is 10.4. The van der Waals surface area contributed by atoms with Crippen LogP contribution in [0.15, 0.2) is 40.2 Å². The quantitative estimate of drug-likeness (QED) is 0.388. The fourth-order valence-corrected chi connectivity index (χ4v) is 2.70. The third-order valence-electron chi connectivity index (χ3n) is 2.94. The molecular formula is C12H12N6O3S. The molecule has 0 saturated carbocycles. The first-order valence-corrected chi connectivity index (χ1v) is 7.37. The summed E-state index contributed by atoms with van der Waals surface area (Å²) < 4.78 is 8.68. The van der Waals surface area contributed by atoms with Gasteiger partial charge in [0.05, 0.1) is 30.2 Å². The molecule has 3 aromatic heterocycles. The molecule has 0 radical (unpaired) electrons. The number of furan rings is 1. The van der Waals surface area contributed by atoms with E-state index in [2.05, 4.69) is 15.3 Å². The van der Waals surface area contributed by atoms with Crippen molar-refractivity contribution in [3.63, 3.8) is 0 Å². The number of nitro groups is 1. The van der Waals surface area contributed by atoms with Gasteiger partial charge in [-0.25, -0.2) is 0 Å². The SMILES string of the molecule is Cn1c(SCCn2ccc([N+](=O)[O-])n2)nnc1-c1ccco1. The predicted octanol–water partition coefficient (Wildman–Crippen LogP) is 1.97. The maximum absolute atomic E-state index is 10.6. The molecule has 3 rings (SSSR count). The van der Waals surface area contributed by atoms with Crippen molar-refractivity contribution in [2.75, 3.05) is 5.75 Å². The van der Waals surface area contributed by atoms with Gasteiger partial charge in [-0.3, -0.25) is 0 Å². The lowest BCUT2D eigenvalue weighted by molar-refractivity contribution is -0.389. The first kappa shape index (κ1) is 14.3. The van der Waals surface area contributed by atoms with E-state index < -0.39 is 4.92 Å². The van der Waals surface area contributed by atoms with Crippen molar-refractivity contribution in [1.82, 2.24) is 24.5 Å². The maximum Gasteiger partial charge on any atom is 0.389 e. The molecule has 0 aliphatic rings. The van der Waals surface area contributed by atoms with Crippen LogP contribution in [-0.4, -0.2) is 35.2 Å². The number of hydrogen-bond donors (Lipinski definition) is 0. The van der Waals surface area contributed by atoms with Crippen LogP contribution in [0.4, 0.5) is 5.82 Å². The number of thioether (sulfide) groups is 1. The zero-order chi connectivity index (χ0) is 15.5. The Morgan fingerprint density at radius 3 is 2.95 bits per heavy atom. The fraction of sp³-hybridized carbons (Fsp3) is 0.250. The van der Waals surface area contributed by atoms with E-state index in [-0.39, 0.29) is 5.82 Å². The van der Waals surface area contributed by atoms with Gasteiger partial charge in [-0.1, -0.05) is 11.8 Å². The van der Waals surface area contributed by atoms with Gasteiger partial charge in [0.2, 0.25) is 0 Å². The molecular weight excluding hydrogens is 308 g/mol. The summed E-state index contributed by atoms with van der Waals surface area (Å²) in [6.45, 7) is 0.543. The van der Waals surface area contributed by atoms with E-state index in [1.807, 2.05) is 17.7 Å². The highest BCUT2D eigenvalue weighted by atomic mass is 32.2. The number of rotatable bonds is 6. The molecule has 0 saturated heterocycles. The number of hydrogen-bond acceptors (Lipinski definition) is 7. The Morgan fingerprint density at radius 2 is 2.27 bits per heavy atom. The minimum Gasteiger partial charge on any atom is -0.461 e. The lowest BCUT2D eigenvalue weighted by Crippen LogP contribution is -2.03. The van der Waals surface area contributed by atoms with E-state index in [1.54, 1.807) is 18.5 Å². The molecule has 3 heterocycles. The van der Waals surface area contributed by atoms with Crippen LogP contribution < -0.4 is 0 Å². The summed E-state index contributed by atoms with van der Waals surface area (Å²) in [5.41, 5.74) is 0. The second-order valence-electron chi connectivity index (χ2n) is 4.39. The van der Waals surface area contributed by atoms with Crippen molar-refractivity contribution in [3.8, 4) is 11.6 Å². The zero-order valence-electron chi connectivity index (χ0n) is 11.6. The molecule has 3 aromatic rings. The fourth-order valence-electron chi connectivity index (χ4n) is 1.86. The average molecular weight is 320 g/mol. The minimum atomic E-state index is -0.512. The molecule has 0 aliphatic heterocycles. The second kappa shape index (κ2) is 6.02. The summed E-state index contributed by atoms with van der Waals surface area (Å²) in [7, 11) is 1.86. The van der Waals surface area contributed by atoms with Crippen LogP contribution in [0.2, 0.25) is 0 Å². The predicted molar refractivity (Wildman–Crippen MR) is 78.3 cm³/mol. The summed E-state index contributed by atoms with van der Waals surface area (Å²) in [5.74, 6) is 1.83. The molecule has 114 valence electrons. The Labute approximate surface area is 129 Å². The highest BCUT2D eigenvalue weighted by Crippen LogP contribution is 2.22. The molecule has 0 fully saturated rings. The highest BCUT2D eigenvalue weighted by molar-refractivity contribution is 7.99. The second-order valence-corrected chi connectivity index (χ2v) is 5.45. The van der Waals surface area contributed by atoms with Gasteiger partial charge in [-0.2, -0.15) is 4.68 Å². The van der Waals surface area contributed by atoms with Gasteiger partial charge >= 0.3 is 5.82 Å². The maximum atomic E-state index is 10.6. The van der Waals surface area contributed by atoms with E-state index in [4.69, 9.17) is 4.42 Å². The minimum absolute atomic E-state index is 0.149. The first-order valence-electron chi connectivity index (χ1n) is 6.39. The Hall–Kier alpha value is -2.62. The van der Waals surface area contributed by atoms with Crippen LogP contribution >= 0.6 is 11.8 Å². The summed E-state index contributed by atoms with van der Waals surface area (Å²) in [4.78, 5) is 10.1. The van der Waals surface area contributed by atoms with Gasteiger partial charge < -0.3 is 19.1 Å². The summed E-state index contributed by atoms with van der Waals surface area (Å²) in [6.07, 6.45) is 3.17. The van der Waals surface area contributed by atoms with Gasteiger partial charge in [0.15, 0.2) is 16.7 Å². The van der Waals surface area contributed by atoms with Gasteiger partial charge in [-0.05, 0) is 17.1 Å². The molecule has 9 nitrogen and oxygen atoms in total. The number of aromatic nitrogens is 5. The first-order chi connectivity index (χ1) is 10.6. The molecule has 0 spiro atoms. The van der Waals surface area contributed by atoms with Gasteiger partial charge in [0.25, 0.3) is 0 Å². The van der Waals surface area contributed by atoms with Gasteiger partial charge in [0.1, 0.15) is 0 Å². The molecule has 0 amide bonds. The third-order valence-corrected chi connectivity index (χ3v) is 3.94. The topological polar surface area (TPSA) is 105 Å². The van der Waals surface area contributed by atoms with Crippen LogP contribution in [0, 0.1) is 10.1 Å². The van der Waals surface area contributed by atoms with Gasteiger partial charge in [-0.15, -0.1) is 10.2 Å². The normalized spacial score (nSPS) is 11.0. The molecule has 0 atom stereocenters. The van der Waals surface area contributed by atoms with Crippen molar-refractivity contribution in [1.29, 1.82) is 0 Å². The smallest absolute Gasteiger partial charge is 0.389 e. The van der Waals surface area contributed by atoms with Crippen LogP contribution in [-0.2, 0) is 13.6 Å². The van der Waals surface area contributed by atoms with E-state index >= 15 is 0 Å². The number of nitrogens with zero attached hydrogens (tertiary/aromatic N) is 6. The van der Waals surface area contributed by atoms with Crippen LogP contribution in [0.1, 0.15) is 0 Å². The molecule has 10 heteroatoms. The molecule has 22 heavy (non-hydrogen) atoms. The zero-order valence-corrected chi connectivity index (χ0v) is 12.4. The molecule has 0 aliphatic carbocycles. The Balaban J connectivity index is 1.61. The Bertz CT molecular complexity index is 779. The van der Waals surface area contributed by atoms with Crippen LogP contribution in [0.3, 0.4) is 0 Å². The largest absolute Gasteiger partial charge is 0.461 e. The molecule has 0 aromatic carbocycles. The Kier molecular flexibility index (Phi) is 3.92. The molecule has 0 unspecified atom stereocenters. The highest BCUT2D eigenvalue weighted by Gasteiger charge is 2.14. The van der Waals surface area contributed by atoms with Crippen molar-refractivity contribution in [2.24, 2.45) is 7.05 Å². The van der Waals surface area contributed by atoms with Crippen molar-refractivity contribution >= 4 is 17.6 Å².